The van der Waals surface area contributed by atoms with Crippen molar-refractivity contribution in [3.05, 3.63) is 63.6 Å². The number of nitrogens with one attached hydrogen (secondary N) is 1. The zero-order chi connectivity index (χ0) is 20.2. The van der Waals surface area contributed by atoms with Gasteiger partial charge in [-0.05, 0) is 42.7 Å². The molecule has 0 spiro atoms. The Labute approximate surface area is 170 Å². The molecule has 0 heterocycles. The number of sulfonamides is 1. The van der Waals surface area contributed by atoms with E-state index < -0.39 is 22.0 Å². The van der Waals surface area contributed by atoms with Crippen LogP contribution in [0.3, 0.4) is 0 Å². The van der Waals surface area contributed by atoms with Crippen LogP contribution in [-0.2, 0) is 21.4 Å². The van der Waals surface area contributed by atoms with Crippen molar-refractivity contribution in [2.24, 2.45) is 0 Å². The van der Waals surface area contributed by atoms with Crippen LogP contribution in [0.1, 0.15) is 24.5 Å². The minimum Gasteiger partial charge on any atom is -0.350 e. The summed E-state index contributed by atoms with van der Waals surface area (Å²) in [4.78, 5) is 12.8. The molecule has 27 heavy (non-hydrogen) atoms. The van der Waals surface area contributed by atoms with E-state index in [-0.39, 0.29) is 17.1 Å². The molecule has 0 aromatic heterocycles. The van der Waals surface area contributed by atoms with Crippen LogP contribution in [-0.4, -0.2) is 26.6 Å². The molecule has 0 saturated heterocycles. The van der Waals surface area contributed by atoms with Crippen molar-refractivity contribution in [2.45, 2.75) is 32.9 Å². The molecule has 8 heteroatoms. The van der Waals surface area contributed by atoms with Crippen molar-refractivity contribution < 1.29 is 13.2 Å². The normalized spacial score (nSPS) is 12.5. The predicted octanol–water partition coefficient (Wildman–Crippen LogP) is 4.16. The number of nitrogens with zero attached hydrogens (tertiary/aromatic N) is 1. The molecule has 2 rings (SSSR count). The van der Waals surface area contributed by atoms with E-state index in [4.69, 9.17) is 23.2 Å². The SMILES string of the molecule is CC[C@@H](C(=O)NCc1ccccc1C)N(c1cc(Cl)ccc1Cl)S(C)(=O)=O. The monoisotopic (exact) mass is 428 g/mol. The van der Waals surface area contributed by atoms with Crippen molar-refractivity contribution in [1.82, 2.24) is 5.32 Å². The summed E-state index contributed by atoms with van der Waals surface area (Å²) in [5, 5.41) is 3.36. The van der Waals surface area contributed by atoms with Crippen molar-refractivity contribution in [2.75, 3.05) is 10.6 Å². The van der Waals surface area contributed by atoms with Gasteiger partial charge in [0.2, 0.25) is 15.9 Å². The maximum atomic E-state index is 12.8. The fraction of sp³-hybridized carbons (Fsp3) is 0.316. The maximum absolute atomic E-state index is 12.8. The van der Waals surface area contributed by atoms with Crippen LogP contribution in [0.15, 0.2) is 42.5 Å². The van der Waals surface area contributed by atoms with Crippen molar-refractivity contribution in [3.63, 3.8) is 0 Å². The van der Waals surface area contributed by atoms with Gasteiger partial charge >= 0.3 is 0 Å². The quantitative estimate of drug-likeness (QED) is 0.719. The summed E-state index contributed by atoms with van der Waals surface area (Å²) in [7, 11) is -3.78. The molecule has 1 amide bonds. The van der Waals surface area contributed by atoms with Crippen LogP contribution in [0.2, 0.25) is 10.0 Å². The fourth-order valence-corrected chi connectivity index (χ4v) is 4.44. The molecule has 0 aliphatic rings. The van der Waals surface area contributed by atoms with E-state index in [0.29, 0.717) is 11.6 Å². The number of amides is 1. The van der Waals surface area contributed by atoms with E-state index in [1.165, 1.54) is 12.1 Å². The van der Waals surface area contributed by atoms with Gasteiger partial charge in [0.1, 0.15) is 6.04 Å². The van der Waals surface area contributed by atoms with Gasteiger partial charge < -0.3 is 5.32 Å². The molecule has 1 N–H and O–H groups in total. The largest absolute Gasteiger partial charge is 0.350 e. The number of hydrogen-bond acceptors (Lipinski definition) is 3. The zero-order valence-electron chi connectivity index (χ0n) is 15.4. The number of halogens is 2. The molecule has 146 valence electrons. The molecule has 0 aliphatic carbocycles. The summed E-state index contributed by atoms with van der Waals surface area (Å²) in [6.07, 6.45) is 1.32. The second-order valence-electron chi connectivity index (χ2n) is 6.22. The number of rotatable bonds is 7. The Morgan fingerprint density at radius 3 is 2.44 bits per heavy atom. The highest BCUT2D eigenvalue weighted by Gasteiger charge is 2.32. The lowest BCUT2D eigenvalue weighted by Gasteiger charge is -2.31. The second-order valence-corrected chi connectivity index (χ2v) is 8.93. The lowest BCUT2D eigenvalue weighted by atomic mass is 10.1. The summed E-state index contributed by atoms with van der Waals surface area (Å²) in [5.41, 5.74) is 2.20. The Morgan fingerprint density at radius 1 is 1.19 bits per heavy atom. The molecule has 0 radical (unpaired) electrons. The standard InChI is InChI=1S/C19H22Cl2N2O3S/c1-4-17(19(24)22-12-14-8-6-5-7-13(14)2)23(27(3,25)26)18-11-15(20)9-10-16(18)21/h5-11,17H,4,12H2,1-3H3,(H,22,24)/t17-/m0/s1. The maximum Gasteiger partial charge on any atom is 0.244 e. The molecule has 0 fully saturated rings. The summed E-state index contributed by atoms with van der Waals surface area (Å²) in [6, 6.07) is 11.2. The number of benzene rings is 2. The van der Waals surface area contributed by atoms with Gasteiger partial charge in [-0.3, -0.25) is 9.10 Å². The van der Waals surface area contributed by atoms with Crippen molar-refractivity contribution in [3.8, 4) is 0 Å². The van der Waals surface area contributed by atoms with Gasteiger partial charge in [-0.25, -0.2) is 8.42 Å². The van der Waals surface area contributed by atoms with Crippen LogP contribution in [0.5, 0.6) is 0 Å². The number of carbonyl (C=O) groups excluding carboxylic acids is 1. The number of anilines is 1. The summed E-state index contributed by atoms with van der Waals surface area (Å²) in [6.45, 7) is 4.00. The summed E-state index contributed by atoms with van der Waals surface area (Å²) in [5.74, 6) is -0.401. The number of carbonyl (C=O) groups is 1. The van der Waals surface area contributed by atoms with Gasteiger partial charge in [-0.2, -0.15) is 0 Å². The molecule has 2 aromatic carbocycles. The van der Waals surface area contributed by atoms with E-state index in [9.17, 15) is 13.2 Å². The Balaban J connectivity index is 2.33. The summed E-state index contributed by atoms with van der Waals surface area (Å²) >= 11 is 12.2. The van der Waals surface area contributed by atoms with Crippen LogP contribution in [0.25, 0.3) is 0 Å². The highest BCUT2D eigenvalue weighted by atomic mass is 35.5. The van der Waals surface area contributed by atoms with Gasteiger partial charge in [-0.1, -0.05) is 54.4 Å². The third-order valence-electron chi connectivity index (χ3n) is 4.19. The van der Waals surface area contributed by atoms with Crippen LogP contribution >= 0.6 is 23.2 Å². The lowest BCUT2D eigenvalue weighted by molar-refractivity contribution is -0.122. The third-order valence-corrected chi connectivity index (χ3v) is 5.91. The van der Waals surface area contributed by atoms with Crippen molar-refractivity contribution >= 4 is 44.8 Å². The van der Waals surface area contributed by atoms with Gasteiger partial charge in [0, 0.05) is 11.6 Å². The van der Waals surface area contributed by atoms with Crippen LogP contribution in [0.4, 0.5) is 5.69 Å². The Bertz CT molecular complexity index is 932. The first kappa shape index (κ1) is 21.5. The molecule has 0 bridgehead atoms. The van der Waals surface area contributed by atoms with E-state index in [1.54, 1.807) is 13.0 Å². The van der Waals surface area contributed by atoms with E-state index in [2.05, 4.69) is 5.32 Å². The Kier molecular flexibility index (Phi) is 7.14. The number of hydrogen-bond donors (Lipinski definition) is 1. The lowest BCUT2D eigenvalue weighted by Crippen LogP contribution is -2.49. The first-order valence-corrected chi connectivity index (χ1v) is 11.0. The first-order valence-electron chi connectivity index (χ1n) is 8.41. The topological polar surface area (TPSA) is 66.5 Å². The van der Waals surface area contributed by atoms with E-state index >= 15 is 0 Å². The minimum atomic E-state index is -3.78. The zero-order valence-corrected chi connectivity index (χ0v) is 17.7. The van der Waals surface area contributed by atoms with Gasteiger partial charge in [0.05, 0.1) is 17.0 Å². The highest BCUT2D eigenvalue weighted by molar-refractivity contribution is 7.92. The van der Waals surface area contributed by atoms with Gasteiger partial charge in [-0.15, -0.1) is 0 Å². The van der Waals surface area contributed by atoms with Crippen molar-refractivity contribution in [1.29, 1.82) is 0 Å². The first-order chi connectivity index (χ1) is 12.6. The minimum absolute atomic E-state index is 0.185. The van der Waals surface area contributed by atoms with Crippen LogP contribution in [0, 0.1) is 6.92 Å². The highest BCUT2D eigenvalue weighted by Crippen LogP contribution is 2.32. The molecule has 0 saturated carbocycles. The smallest absolute Gasteiger partial charge is 0.244 e. The molecular weight excluding hydrogens is 407 g/mol. The third kappa shape index (κ3) is 5.37. The number of aryl methyl sites for hydroxylation is 1. The molecule has 0 unspecified atom stereocenters. The molecular formula is C19H22Cl2N2O3S. The molecule has 0 aliphatic heterocycles. The van der Waals surface area contributed by atoms with E-state index in [1.807, 2.05) is 31.2 Å². The molecule has 1 atom stereocenters. The van der Waals surface area contributed by atoms with Gasteiger partial charge in [0.25, 0.3) is 0 Å². The second kappa shape index (κ2) is 8.95. The average Bonchev–Trinajstić information content (AvgIpc) is 2.60. The summed E-state index contributed by atoms with van der Waals surface area (Å²) < 4.78 is 26.0. The van der Waals surface area contributed by atoms with Gasteiger partial charge in [0.15, 0.2) is 0 Å². The molecule has 5 nitrogen and oxygen atoms in total. The fourth-order valence-electron chi connectivity index (χ4n) is 2.80. The van der Waals surface area contributed by atoms with E-state index in [0.717, 1.165) is 21.7 Å². The average molecular weight is 429 g/mol. The Morgan fingerprint density at radius 2 is 1.85 bits per heavy atom. The Hall–Kier alpha value is -1.76. The molecule has 2 aromatic rings. The predicted molar refractivity (Wildman–Crippen MR) is 111 cm³/mol. The van der Waals surface area contributed by atoms with Crippen LogP contribution < -0.4 is 9.62 Å².